The molecule has 0 bridgehead atoms. The first-order valence-corrected chi connectivity index (χ1v) is 35.1. The van der Waals surface area contributed by atoms with E-state index in [4.69, 9.17) is 16.3 Å². The number of benzene rings is 2. The topological polar surface area (TPSA) is 279 Å². The summed E-state index contributed by atoms with van der Waals surface area (Å²) in [5.41, 5.74) is -3.56. The molecule has 9 atom stereocenters. The van der Waals surface area contributed by atoms with E-state index in [1.807, 2.05) is 0 Å². The average molecular weight is 1490 g/mol. The van der Waals surface area contributed by atoms with Crippen LogP contribution in [-0.4, -0.2) is 265 Å². The Bertz CT molecular complexity index is 3460. The quantitative estimate of drug-likeness (QED) is 0.109. The smallest absolute Gasteiger partial charge is 0.375 e. The fourth-order valence-corrected chi connectivity index (χ4v) is 13.4. The number of rotatable bonds is 16. The second kappa shape index (κ2) is 37.4. The number of carbonyl (C=O) groups excluding carboxylic acids is 12. The zero-order chi connectivity index (χ0) is 78.2. The van der Waals surface area contributed by atoms with Gasteiger partial charge in [0.25, 0.3) is 0 Å². The SMILES string of the molecule is C=CCOC[C@@H]1C(=O)N(CC=C)[C@@H](Cc2ccc(C(F)(F)F)cc2)C(=O)N(C)CC(=O)N[C@@H](CCc2ccc(C(F)(F)F)c(Cl)c2)C(=O)N2CCC[C@H]2C(=O)NC2(CCCC2)C(=O)N(C)[C@@H](C)C(=O)N(C)[C@H](C(=O)N(C)C)CC(=O)N(C)[C@@H](CC(C)C)C(=O)N[C@@H]([C@@H](C)CC)C(=O)N(C)CC(=O)N1C. The maximum atomic E-state index is 15.5. The Morgan fingerprint density at radius 3 is 1.88 bits per heavy atom. The zero-order valence-corrected chi connectivity index (χ0v) is 62.3. The van der Waals surface area contributed by atoms with Crippen molar-refractivity contribution in [2.24, 2.45) is 11.8 Å². The Morgan fingerprint density at radius 2 is 1.32 bits per heavy atom. The van der Waals surface area contributed by atoms with Crippen LogP contribution in [0.15, 0.2) is 67.8 Å². The van der Waals surface area contributed by atoms with Gasteiger partial charge in [0.2, 0.25) is 70.9 Å². The van der Waals surface area contributed by atoms with Crippen molar-refractivity contribution in [1.29, 1.82) is 0 Å². The largest absolute Gasteiger partial charge is 0.417 e. The molecule has 32 heteroatoms. The molecule has 1 aliphatic carbocycles. The first kappa shape index (κ1) is 86.0. The summed E-state index contributed by atoms with van der Waals surface area (Å²) in [5.74, 6) is -10.9. The van der Waals surface area contributed by atoms with E-state index < -0.39 is 198 Å². The van der Waals surface area contributed by atoms with Crippen LogP contribution >= 0.6 is 11.6 Å². The Balaban J connectivity index is 1.69. The minimum absolute atomic E-state index is 0.0346. The molecule has 1 saturated carbocycles. The van der Waals surface area contributed by atoms with Gasteiger partial charge in [-0.1, -0.05) is 88.9 Å². The maximum Gasteiger partial charge on any atom is 0.417 e. The standard InChI is InChI=1S/C72H101ClF6N12O13/c1-16-33-90-55(38-47-23-27-48(28-24-47)71(74,75)76)66(100)84(10)40-57(92)80-51(30-26-46-25-29-49(50(73)37-46)72(77,78)79)64(98)91-34-21-22-52(91)62(96)82-70(31-19-20-32-70)69(103)86(12)45(7)63(97)89(15)54(65(99)83(8)9)39-58(93)87(13)53(36-43(4)5)61(95)81-60(44(6)18-3)68(102)85(11)41-59(94)88(14)56(67(90)101)42-104-35-17-2/h16-17,23-25,27-29,37,43-45,51-56,60H,1-2,18-22,26,30-36,38-42H2,3-15H3,(H,80,92)(H,81,95)(H,82,96)/t44-,45-,51-,52-,53-,54-,55-,56+,60-/m0/s1. The summed E-state index contributed by atoms with van der Waals surface area (Å²) in [5, 5.41) is 7.69. The van der Waals surface area contributed by atoms with Gasteiger partial charge >= 0.3 is 12.4 Å². The van der Waals surface area contributed by atoms with Gasteiger partial charge in [0.15, 0.2) is 0 Å². The van der Waals surface area contributed by atoms with E-state index in [0.29, 0.717) is 19.3 Å². The third-order valence-electron chi connectivity index (χ3n) is 19.7. The van der Waals surface area contributed by atoms with Crippen LogP contribution in [0.1, 0.15) is 121 Å². The highest BCUT2D eigenvalue weighted by atomic mass is 35.5. The lowest BCUT2D eigenvalue weighted by Crippen LogP contribution is -2.64. The van der Waals surface area contributed by atoms with E-state index in [2.05, 4.69) is 29.1 Å². The summed E-state index contributed by atoms with van der Waals surface area (Å²) in [4.78, 5) is 188. The molecule has 104 heavy (non-hydrogen) atoms. The van der Waals surface area contributed by atoms with Crippen LogP contribution in [0.4, 0.5) is 26.3 Å². The monoisotopic (exact) mass is 1490 g/mol. The molecule has 2 aromatic carbocycles. The van der Waals surface area contributed by atoms with Crippen molar-refractivity contribution in [1.82, 2.24) is 60.0 Å². The lowest BCUT2D eigenvalue weighted by Gasteiger charge is -2.39. The Hall–Kier alpha value is -8.61. The molecule has 2 aromatic rings. The summed E-state index contributed by atoms with van der Waals surface area (Å²) in [6, 6.07) is -5.15. The minimum atomic E-state index is -4.83. The second-order valence-corrected chi connectivity index (χ2v) is 28.3. The number of nitrogens with zero attached hydrogens (tertiary/aromatic N) is 9. The van der Waals surface area contributed by atoms with Gasteiger partial charge in [-0.2, -0.15) is 26.3 Å². The van der Waals surface area contributed by atoms with Gasteiger partial charge in [0.05, 0.1) is 48.9 Å². The highest BCUT2D eigenvalue weighted by Crippen LogP contribution is 2.37. The minimum Gasteiger partial charge on any atom is -0.375 e. The lowest BCUT2D eigenvalue weighted by molar-refractivity contribution is -0.154. The number of hydrogen-bond donors (Lipinski definition) is 3. The number of aryl methyl sites for hydroxylation is 1. The number of nitrogens with one attached hydrogen (secondary N) is 3. The van der Waals surface area contributed by atoms with E-state index in [1.165, 1.54) is 78.2 Å². The third-order valence-corrected chi connectivity index (χ3v) is 20.0. The first-order chi connectivity index (χ1) is 48.6. The molecule has 1 spiro atoms. The van der Waals surface area contributed by atoms with E-state index >= 15 is 19.2 Å². The highest BCUT2D eigenvalue weighted by molar-refractivity contribution is 6.31. The summed E-state index contributed by atoms with van der Waals surface area (Å²) >= 11 is 6.12. The Morgan fingerprint density at radius 1 is 0.712 bits per heavy atom. The van der Waals surface area contributed by atoms with Gasteiger partial charge in [-0.25, -0.2) is 0 Å². The molecule has 2 aliphatic heterocycles. The number of halogens is 7. The zero-order valence-electron chi connectivity index (χ0n) is 61.6. The van der Waals surface area contributed by atoms with Gasteiger partial charge in [0.1, 0.15) is 53.9 Å². The van der Waals surface area contributed by atoms with Crippen molar-refractivity contribution in [2.75, 3.05) is 95.8 Å². The molecule has 0 radical (unpaired) electrons. The van der Waals surface area contributed by atoms with Gasteiger partial charge in [0, 0.05) is 75.9 Å². The molecule has 576 valence electrons. The van der Waals surface area contributed by atoms with E-state index in [1.54, 1.807) is 27.7 Å². The molecule has 0 unspecified atom stereocenters. The lowest BCUT2D eigenvalue weighted by atomic mass is 9.93. The van der Waals surface area contributed by atoms with E-state index in [9.17, 15) is 64.7 Å². The Kier molecular flexibility index (Phi) is 30.9. The maximum absolute atomic E-state index is 15.5. The number of ether oxygens (including phenoxy) is 1. The number of likely N-dealkylation sites (N-methyl/N-ethyl adjacent to an activating group) is 7. The molecule has 5 rings (SSSR count). The van der Waals surface area contributed by atoms with E-state index in [-0.39, 0.29) is 75.1 Å². The normalized spacial score (nSPS) is 24.1. The van der Waals surface area contributed by atoms with Crippen molar-refractivity contribution in [3.05, 3.63) is 95.1 Å². The predicted octanol–water partition coefficient (Wildman–Crippen LogP) is 5.36. The third kappa shape index (κ3) is 21.8. The van der Waals surface area contributed by atoms with Crippen LogP contribution in [0.2, 0.25) is 5.02 Å². The summed E-state index contributed by atoms with van der Waals surface area (Å²) in [6.07, 6.45) is -7.11. The molecule has 2 heterocycles. The van der Waals surface area contributed by atoms with Gasteiger partial charge in [-0.05, 0) is 99.1 Å². The fraction of sp³-hybridized carbons (Fsp3) is 0.611. The van der Waals surface area contributed by atoms with Gasteiger partial charge < -0.3 is 64.8 Å². The van der Waals surface area contributed by atoms with Crippen molar-refractivity contribution in [3.63, 3.8) is 0 Å². The van der Waals surface area contributed by atoms with Crippen LogP contribution < -0.4 is 16.0 Å². The summed E-state index contributed by atoms with van der Waals surface area (Å²) in [6.45, 7) is 12.9. The number of fused-ring (bicyclic) bond motifs is 1. The van der Waals surface area contributed by atoms with Gasteiger partial charge in [-0.3, -0.25) is 57.5 Å². The van der Waals surface area contributed by atoms with Crippen LogP contribution in [0.5, 0.6) is 0 Å². The molecule has 0 aromatic heterocycles. The molecule has 3 fully saturated rings. The van der Waals surface area contributed by atoms with Crippen LogP contribution in [0.25, 0.3) is 0 Å². The molecule has 2 saturated heterocycles. The van der Waals surface area contributed by atoms with Crippen LogP contribution in [0.3, 0.4) is 0 Å². The molecule has 25 nitrogen and oxygen atoms in total. The van der Waals surface area contributed by atoms with E-state index in [0.717, 1.165) is 83.8 Å². The van der Waals surface area contributed by atoms with Crippen LogP contribution in [0, 0.1) is 11.8 Å². The molecule has 3 aliphatic rings. The summed E-state index contributed by atoms with van der Waals surface area (Å²) < 4.78 is 89.3. The highest BCUT2D eigenvalue weighted by Gasteiger charge is 2.50. The molecular weight excluding hydrogens is 1390 g/mol. The molecule has 3 N–H and O–H groups in total. The van der Waals surface area contributed by atoms with Crippen molar-refractivity contribution in [3.8, 4) is 0 Å². The predicted molar refractivity (Wildman–Crippen MR) is 374 cm³/mol. The van der Waals surface area contributed by atoms with Crippen LogP contribution in [-0.2, 0) is 87.5 Å². The first-order valence-electron chi connectivity index (χ1n) is 34.7. The number of alkyl halides is 6. The number of carbonyl (C=O) groups is 12. The summed E-state index contributed by atoms with van der Waals surface area (Å²) in [7, 11) is 10.4. The van der Waals surface area contributed by atoms with Crippen molar-refractivity contribution in [2.45, 2.75) is 178 Å². The van der Waals surface area contributed by atoms with Crippen molar-refractivity contribution >= 4 is 82.5 Å². The Labute approximate surface area is 609 Å². The number of amides is 12. The number of hydrogen-bond acceptors (Lipinski definition) is 13. The molecular formula is C72H101ClF6N12O13. The fourth-order valence-electron chi connectivity index (χ4n) is 13.1. The van der Waals surface area contributed by atoms with Gasteiger partial charge in [-0.15, -0.1) is 13.2 Å². The average Bonchev–Trinajstić information content (AvgIpc) is 1.54. The molecule has 12 amide bonds. The second-order valence-electron chi connectivity index (χ2n) is 27.9. The van der Waals surface area contributed by atoms with Crippen molar-refractivity contribution < 1.29 is 88.6 Å².